The lowest BCUT2D eigenvalue weighted by molar-refractivity contribution is -0.120. The first kappa shape index (κ1) is 19.2. The Kier molecular flexibility index (Phi) is 7.80. The van der Waals surface area contributed by atoms with Crippen molar-refractivity contribution in [2.75, 3.05) is 31.5 Å². The maximum absolute atomic E-state index is 11.7. The molecule has 5 N–H and O–H groups in total. The minimum Gasteiger partial charge on any atom is -0.391 e. The number of aliphatic hydroxyl groups excluding tert-OH is 1. The first-order chi connectivity index (χ1) is 10.5. The number of urea groups is 1. The second-order valence-electron chi connectivity index (χ2n) is 5.47. The molecule has 0 aromatic heterocycles. The summed E-state index contributed by atoms with van der Waals surface area (Å²) < 4.78 is 0. The lowest BCUT2D eigenvalue weighted by atomic mass is 10.1. The molecule has 2 rings (SSSR count). The first-order valence-electron chi connectivity index (χ1n) is 7.31. The normalized spacial score (nSPS) is 19.6. The standard InChI is InChI=1S/C15H22N4O3.ClH/c1-10-3-2-4-12(5-10)19-15(22)18-9-14(21)17-7-11-6-16-8-13(11)20;/h2-5,11,13,16,20H,6-9H2,1H3,(H,17,21)(H2,18,19,22);1H. The minimum atomic E-state index is -0.433. The summed E-state index contributed by atoms with van der Waals surface area (Å²) in [5, 5.41) is 20.5. The van der Waals surface area contributed by atoms with Crippen LogP contribution in [-0.4, -0.2) is 49.3 Å². The molecule has 1 aromatic rings. The Labute approximate surface area is 141 Å². The molecule has 2 atom stereocenters. The number of hydrogen-bond acceptors (Lipinski definition) is 4. The van der Waals surface area contributed by atoms with Gasteiger partial charge in [-0.05, 0) is 24.6 Å². The van der Waals surface area contributed by atoms with Crippen LogP contribution in [0.25, 0.3) is 0 Å². The van der Waals surface area contributed by atoms with E-state index in [2.05, 4.69) is 21.3 Å². The van der Waals surface area contributed by atoms with Gasteiger partial charge in [0.05, 0.1) is 12.6 Å². The second kappa shape index (κ2) is 9.34. The lowest BCUT2D eigenvalue weighted by Crippen LogP contribution is -2.41. The Bertz CT molecular complexity index is 541. The van der Waals surface area contributed by atoms with Crippen molar-refractivity contribution in [2.45, 2.75) is 13.0 Å². The monoisotopic (exact) mass is 342 g/mol. The number of carbonyl (C=O) groups excluding carboxylic acids is 2. The Morgan fingerprint density at radius 3 is 2.74 bits per heavy atom. The van der Waals surface area contributed by atoms with E-state index < -0.39 is 12.1 Å². The van der Waals surface area contributed by atoms with Crippen molar-refractivity contribution >= 4 is 30.0 Å². The molecule has 0 aliphatic carbocycles. The third-order valence-electron chi connectivity index (χ3n) is 3.55. The number of halogens is 1. The van der Waals surface area contributed by atoms with Gasteiger partial charge in [-0.15, -0.1) is 12.4 Å². The molecule has 8 heteroatoms. The van der Waals surface area contributed by atoms with Crippen LogP contribution < -0.4 is 21.3 Å². The molecule has 128 valence electrons. The van der Waals surface area contributed by atoms with Crippen LogP contribution in [0.5, 0.6) is 0 Å². The fourth-order valence-electron chi connectivity index (χ4n) is 2.29. The number of hydrogen-bond donors (Lipinski definition) is 5. The Morgan fingerprint density at radius 2 is 2.09 bits per heavy atom. The molecule has 2 unspecified atom stereocenters. The fraction of sp³-hybridized carbons (Fsp3) is 0.467. The molecule has 1 fully saturated rings. The molecule has 1 aliphatic heterocycles. The first-order valence-corrected chi connectivity index (χ1v) is 7.31. The van der Waals surface area contributed by atoms with Gasteiger partial charge >= 0.3 is 6.03 Å². The topological polar surface area (TPSA) is 102 Å². The van der Waals surface area contributed by atoms with Crippen molar-refractivity contribution in [3.8, 4) is 0 Å². The van der Waals surface area contributed by atoms with Gasteiger partial charge in [0.25, 0.3) is 0 Å². The van der Waals surface area contributed by atoms with Gasteiger partial charge in [-0.1, -0.05) is 12.1 Å². The lowest BCUT2D eigenvalue weighted by Gasteiger charge is -2.14. The summed E-state index contributed by atoms with van der Waals surface area (Å²) in [4.78, 5) is 23.4. The maximum Gasteiger partial charge on any atom is 0.319 e. The highest BCUT2D eigenvalue weighted by atomic mass is 35.5. The maximum atomic E-state index is 11.7. The van der Waals surface area contributed by atoms with Gasteiger partial charge in [0.2, 0.25) is 5.91 Å². The van der Waals surface area contributed by atoms with Gasteiger partial charge in [-0.2, -0.15) is 0 Å². The van der Waals surface area contributed by atoms with Crippen molar-refractivity contribution in [2.24, 2.45) is 5.92 Å². The average Bonchev–Trinajstić information content (AvgIpc) is 2.88. The van der Waals surface area contributed by atoms with Crippen LogP contribution in [-0.2, 0) is 4.79 Å². The number of anilines is 1. The van der Waals surface area contributed by atoms with E-state index in [1.54, 1.807) is 6.07 Å². The molecule has 0 radical (unpaired) electrons. The Hall–Kier alpha value is -1.83. The number of aryl methyl sites for hydroxylation is 1. The van der Waals surface area contributed by atoms with Gasteiger partial charge in [-0.3, -0.25) is 4.79 Å². The van der Waals surface area contributed by atoms with Crippen molar-refractivity contribution in [1.82, 2.24) is 16.0 Å². The highest BCUT2D eigenvalue weighted by molar-refractivity contribution is 5.92. The smallest absolute Gasteiger partial charge is 0.319 e. The van der Waals surface area contributed by atoms with Crippen LogP contribution in [0.1, 0.15) is 5.56 Å². The second-order valence-corrected chi connectivity index (χ2v) is 5.47. The number of aliphatic hydroxyl groups is 1. The zero-order valence-corrected chi connectivity index (χ0v) is 13.8. The van der Waals surface area contributed by atoms with Crippen LogP contribution in [0.4, 0.5) is 10.5 Å². The predicted octanol–water partition coefficient (Wildman–Crippen LogP) is 0.235. The summed E-state index contributed by atoms with van der Waals surface area (Å²) in [5.74, 6) is -0.261. The summed E-state index contributed by atoms with van der Waals surface area (Å²) in [5.41, 5.74) is 1.72. The molecular formula is C15H23ClN4O3. The van der Waals surface area contributed by atoms with Gasteiger partial charge in [0, 0.05) is 31.2 Å². The van der Waals surface area contributed by atoms with Gasteiger partial charge < -0.3 is 26.4 Å². The molecule has 7 nitrogen and oxygen atoms in total. The molecule has 0 saturated carbocycles. The largest absolute Gasteiger partial charge is 0.391 e. The van der Waals surface area contributed by atoms with Crippen LogP contribution in [0.3, 0.4) is 0 Å². The van der Waals surface area contributed by atoms with Crippen LogP contribution in [0.15, 0.2) is 24.3 Å². The van der Waals surface area contributed by atoms with Crippen LogP contribution in [0.2, 0.25) is 0 Å². The van der Waals surface area contributed by atoms with Gasteiger partial charge in [0.15, 0.2) is 0 Å². The van der Waals surface area contributed by atoms with Crippen molar-refractivity contribution in [1.29, 1.82) is 0 Å². The molecule has 0 bridgehead atoms. The summed E-state index contributed by atoms with van der Waals surface area (Å²) in [7, 11) is 0. The van der Waals surface area contributed by atoms with Crippen LogP contribution >= 0.6 is 12.4 Å². The number of benzene rings is 1. The summed E-state index contributed by atoms with van der Waals surface area (Å²) in [6.45, 7) is 3.46. The Balaban J connectivity index is 0.00000264. The van der Waals surface area contributed by atoms with Gasteiger partial charge in [-0.25, -0.2) is 4.79 Å². The molecule has 1 aliphatic rings. The quantitative estimate of drug-likeness (QED) is 0.529. The SMILES string of the molecule is Cc1cccc(NC(=O)NCC(=O)NCC2CNCC2O)c1.Cl. The molecule has 1 aromatic carbocycles. The average molecular weight is 343 g/mol. The third kappa shape index (κ3) is 6.43. The predicted molar refractivity (Wildman–Crippen MR) is 90.8 cm³/mol. The van der Waals surface area contributed by atoms with E-state index in [-0.39, 0.29) is 30.8 Å². The van der Waals surface area contributed by atoms with E-state index in [1.165, 1.54) is 0 Å². The number of carbonyl (C=O) groups is 2. The number of nitrogens with one attached hydrogen (secondary N) is 4. The fourth-order valence-corrected chi connectivity index (χ4v) is 2.29. The van der Waals surface area contributed by atoms with E-state index in [9.17, 15) is 14.7 Å². The van der Waals surface area contributed by atoms with Crippen LogP contribution in [0, 0.1) is 12.8 Å². The third-order valence-corrected chi connectivity index (χ3v) is 3.55. The van der Waals surface area contributed by atoms with E-state index in [4.69, 9.17) is 0 Å². The summed E-state index contributed by atoms with van der Waals surface area (Å²) in [6, 6.07) is 6.97. The van der Waals surface area contributed by atoms with Crippen molar-refractivity contribution in [3.05, 3.63) is 29.8 Å². The molecule has 0 spiro atoms. The van der Waals surface area contributed by atoms with E-state index in [0.717, 1.165) is 5.56 Å². The molecule has 23 heavy (non-hydrogen) atoms. The summed E-state index contributed by atoms with van der Waals surface area (Å²) in [6.07, 6.45) is -0.433. The van der Waals surface area contributed by atoms with E-state index in [0.29, 0.717) is 25.3 Å². The molecule has 1 heterocycles. The van der Waals surface area contributed by atoms with Crippen molar-refractivity contribution in [3.63, 3.8) is 0 Å². The highest BCUT2D eigenvalue weighted by Gasteiger charge is 2.24. The van der Waals surface area contributed by atoms with E-state index in [1.807, 2.05) is 25.1 Å². The summed E-state index contributed by atoms with van der Waals surface area (Å²) >= 11 is 0. The Morgan fingerprint density at radius 1 is 1.30 bits per heavy atom. The minimum absolute atomic E-state index is 0. The molecular weight excluding hydrogens is 320 g/mol. The number of amides is 3. The molecule has 3 amide bonds. The van der Waals surface area contributed by atoms with Gasteiger partial charge in [0.1, 0.15) is 0 Å². The number of β-amino-alcohol motifs (C(OH)–C–C–N with tert-alkyl or cyclic N) is 1. The van der Waals surface area contributed by atoms with E-state index >= 15 is 0 Å². The zero-order chi connectivity index (χ0) is 15.9. The van der Waals surface area contributed by atoms with Crippen molar-refractivity contribution < 1.29 is 14.7 Å². The molecule has 1 saturated heterocycles. The number of rotatable bonds is 5. The zero-order valence-electron chi connectivity index (χ0n) is 13.0. The highest BCUT2D eigenvalue weighted by Crippen LogP contribution is 2.09.